The van der Waals surface area contributed by atoms with Gasteiger partial charge in [-0.1, -0.05) is 27.4 Å². The second kappa shape index (κ2) is 5.81. The van der Waals surface area contributed by atoms with Crippen molar-refractivity contribution in [1.29, 1.82) is 0 Å². The Hall–Kier alpha value is -1.40. The van der Waals surface area contributed by atoms with Crippen molar-refractivity contribution in [3.8, 4) is 0 Å². The molecule has 0 amide bonds. The summed E-state index contributed by atoms with van der Waals surface area (Å²) in [6.07, 6.45) is -0.621. The lowest BCUT2D eigenvalue weighted by Crippen LogP contribution is -2.66. The first-order chi connectivity index (χ1) is 11.5. The zero-order chi connectivity index (χ0) is 18.7. The van der Waals surface area contributed by atoms with Gasteiger partial charge in [0.05, 0.1) is 23.5 Å². The average molecular weight is 352 g/mol. The molecule has 0 bridgehead atoms. The third kappa shape index (κ3) is 2.70. The van der Waals surface area contributed by atoms with Crippen LogP contribution in [0.15, 0.2) is 12.2 Å². The summed E-state index contributed by atoms with van der Waals surface area (Å²) < 4.78 is 11.3. The van der Waals surface area contributed by atoms with Crippen LogP contribution >= 0.6 is 0 Å². The maximum absolute atomic E-state index is 12.3. The van der Waals surface area contributed by atoms with Crippen molar-refractivity contribution in [2.75, 3.05) is 0 Å². The molecule has 1 saturated heterocycles. The molecule has 7 atom stereocenters. The highest BCUT2D eigenvalue weighted by Gasteiger charge is 2.66. The second-order valence-electron chi connectivity index (χ2n) is 8.65. The molecule has 25 heavy (non-hydrogen) atoms. The first kappa shape index (κ1) is 18.4. The maximum atomic E-state index is 12.3. The first-order valence-electron chi connectivity index (χ1n) is 8.99. The van der Waals surface area contributed by atoms with Crippen LogP contribution in [0.4, 0.5) is 0 Å². The van der Waals surface area contributed by atoms with Crippen LogP contribution in [0.5, 0.6) is 0 Å². The SMILES string of the molecule is C=C1C(=O)O[C@H]2C[C@@]3(C)[C@H](O)CC[C@@](C)(O)[C@@H]3[C@@H](OC(=O)C(C)C)[C@H]12. The number of fused-ring (bicyclic) bond motifs is 2. The first-order valence-corrected chi connectivity index (χ1v) is 8.99. The molecule has 3 rings (SSSR count). The maximum Gasteiger partial charge on any atom is 0.334 e. The van der Waals surface area contributed by atoms with Gasteiger partial charge >= 0.3 is 11.9 Å². The molecule has 2 aliphatic carbocycles. The van der Waals surface area contributed by atoms with Crippen LogP contribution in [-0.2, 0) is 19.1 Å². The number of carbonyl (C=O) groups is 2. The quantitative estimate of drug-likeness (QED) is 0.579. The Morgan fingerprint density at radius 3 is 2.64 bits per heavy atom. The molecule has 2 N–H and O–H groups in total. The fourth-order valence-electron chi connectivity index (χ4n) is 5.10. The minimum atomic E-state index is -1.12. The smallest absolute Gasteiger partial charge is 0.334 e. The van der Waals surface area contributed by atoms with E-state index < -0.39 is 53.1 Å². The summed E-state index contributed by atoms with van der Waals surface area (Å²) in [5.41, 5.74) is -1.55. The lowest BCUT2D eigenvalue weighted by molar-refractivity contribution is -0.237. The molecule has 2 saturated carbocycles. The summed E-state index contributed by atoms with van der Waals surface area (Å²) >= 11 is 0. The fraction of sp³-hybridized carbons (Fsp3) is 0.789. The molecule has 1 heterocycles. The van der Waals surface area contributed by atoms with E-state index in [1.54, 1.807) is 20.8 Å². The van der Waals surface area contributed by atoms with E-state index in [1.807, 2.05) is 6.92 Å². The highest BCUT2D eigenvalue weighted by molar-refractivity contribution is 5.91. The van der Waals surface area contributed by atoms with Gasteiger partial charge in [-0.25, -0.2) is 4.79 Å². The molecule has 0 spiro atoms. The van der Waals surface area contributed by atoms with Gasteiger partial charge in [-0.2, -0.15) is 0 Å². The zero-order valence-electron chi connectivity index (χ0n) is 15.3. The number of aliphatic hydroxyl groups excluding tert-OH is 1. The van der Waals surface area contributed by atoms with Crippen molar-refractivity contribution < 1.29 is 29.3 Å². The molecule has 6 nitrogen and oxygen atoms in total. The third-order valence-electron chi connectivity index (χ3n) is 6.44. The summed E-state index contributed by atoms with van der Waals surface area (Å²) in [6, 6.07) is 0. The van der Waals surface area contributed by atoms with Crippen LogP contribution in [0.3, 0.4) is 0 Å². The molecule has 140 valence electrons. The predicted molar refractivity (Wildman–Crippen MR) is 89.3 cm³/mol. The number of carbonyl (C=O) groups excluding carboxylic acids is 2. The third-order valence-corrected chi connectivity index (χ3v) is 6.44. The van der Waals surface area contributed by atoms with Gasteiger partial charge in [0.15, 0.2) is 0 Å². The van der Waals surface area contributed by atoms with Gasteiger partial charge < -0.3 is 19.7 Å². The number of hydrogen-bond donors (Lipinski definition) is 2. The summed E-state index contributed by atoms with van der Waals surface area (Å²) in [4.78, 5) is 24.4. The highest BCUT2D eigenvalue weighted by Crippen LogP contribution is 2.59. The Bertz CT molecular complexity index is 609. The second-order valence-corrected chi connectivity index (χ2v) is 8.65. The molecule has 3 aliphatic rings. The fourth-order valence-corrected chi connectivity index (χ4v) is 5.10. The van der Waals surface area contributed by atoms with Crippen LogP contribution in [0, 0.1) is 23.2 Å². The van der Waals surface area contributed by atoms with Crippen molar-refractivity contribution in [3.63, 3.8) is 0 Å². The van der Waals surface area contributed by atoms with Gasteiger partial charge in [0.1, 0.15) is 12.2 Å². The van der Waals surface area contributed by atoms with Crippen molar-refractivity contribution in [2.24, 2.45) is 23.2 Å². The summed E-state index contributed by atoms with van der Waals surface area (Å²) in [6.45, 7) is 10.9. The molecular formula is C19H28O6. The number of hydrogen-bond acceptors (Lipinski definition) is 6. The van der Waals surface area contributed by atoms with Crippen LogP contribution in [0.25, 0.3) is 0 Å². The number of rotatable bonds is 2. The lowest BCUT2D eigenvalue weighted by Gasteiger charge is -2.59. The van der Waals surface area contributed by atoms with E-state index in [0.717, 1.165) is 0 Å². The largest absolute Gasteiger partial charge is 0.461 e. The summed E-state index contributed by atoms with van der Waals surface area (Å²) in [5.74, 6) is -2.20. The summed E-state index contributed by atoms with van der Waals surface area (Å²) in [7, 11) is 0. The molecule has 0 unspecified atom stereocenters. The Morgan fingerprint density at radius 1 is 1.40 bits per heavy atom. The Kier molecular flexibility index (Phi) is 4.27. The molecule has 0 aromatic rings. The Balaban J connectivity index is 2.07. The van der Waals surface area contributed by atoms with Crippen LogP contribution in [0.2, 0.25) is 0 Å². The van der Waals surface area contributed by atoms with E-state index in [0.29, 0.717) is 19.3 Å². The Labute approximate surface area is 148 Å². The Morgan fingerprint density at radius 2 is 2.04 bits per heavy atom. The van der Waals surface area contributed by atoms with E-state index in [9.17, 15) is 19.8 Å². The predicted octanol–water partition coefficient (Wildman–Crippen LogP) is 1.58. The van der Waals surface area contributed by atoms with Gasteiger partial charge in [-0.15, -0.1) is 0 Å². The van der Waals surface area contributed by atoms with E-state index in [1.165, 1.54) is 0 Å². The zero-order valence-corrected chi connectivity index (χ0v) is 15.3. The van der Waals surface area contributed by atoms with Crippen molar-refractivity contribution in [2.45, 2.75) is 70.9 Å². The number of esters is 2. The standard InChI is InChI=1S/C19H28O6/c1-9(2)16(21)25-14-13-10(3)17(22)24-11(13)8-18(4)12(20)6-7-19(5,23)15(14)18/h9,11-15,20,23H,3,6-8H2,1-2,4-5H3/t11-,12+,13+,14-,15+,18-,19+/m0/s1. The van der Waals surface area contributed by atoms with E-state index in [2.05, 4.69) is 6.58 Å². The average Bonchev–Trinajstić information content (AvgIpc) is 2.77. The van der Waals surface area contributed by atoms with E-state index in [4.69, 9.17) is 9.47 Å². The van der Waals surface area contributed by atoms with Crippen LogP contribution < -0.4 is 0 Å². The monoisotopic (exact) mass is 352 g/mol. The molecular weight excluding hydrogens is 324 g/mol. The molecule has 1 aliphatic heterocycles. The van der Waals surface area contributed by atoms with Crippen LogP contribution in [-0.4, -0.2) is 46.1 Å². The van der Waals surface area contributed by atoms with Gasteiger partial charge in [-0.05, 0) is 26.2 Å². The lowest BCUT2D eigenvalue weighted by atomic mass is 9.50. The van der Waals surface area contributed by atoms with Crippen molar-refractivity contribution >= 4 is 11.9 Å². The van der Waals surface area contributed by atoms with Gasteiger partial charge in [0, 0.05) is 16.9 Å². The molecule has 0 aromatic carbocycles. The normalized spacial score (nSPS) is 46.4. The van der Waals surface area contributed by atoms with Gasteiger partial charge in [0.25, 0.3) is 0 Å². The number of aliphatic hydroxyl groups is 2. The number of ether oxygens (including phenoxy) is 2. The minimum absolute atomic E-state index is 0.282. The van der Waals surface area contributed by atoms with E-state index >= 15 is 0 Å². The van der Waals surface area contributed by atoms with Gasteiger partial charge in [-0.3, -0.25) is 4.79 Å². The molecule has 0 radical (unpaired) electrons. The van der Waals surface area contributed by atoms with E-state index in [-0.39, 0.29) is 11.5 Å². The van der Waals surface area contributed by atoms with Crippen LogP contribution in [0.1, 0.15) is 47.0 Å². The molecule has 0 aromatic heterocycles. The summed E-state index contributed by atoms with van der Waals surface area (Å²) in [5, 5.41) is 21.8. The van der Waals surface area contributed by atoms with Gasteiger partial charge in [0.2, 0.25) is 0 Å². The molecule has 3 fully saturated rings. The topological polar surface area (TPSA) is 93.1 Å². The van der Waals surface area contributed by atoms with Crippen molar-refractivity contribution in [3.05, 3.63) is 12.2 Å². The highest BCUT2D eigenvalue weighted by atomic mass is 16.6. The minimum Gasteiger partial charge on any atom is -0.461 e. The molecule has 6 heteroatoms. The van der Waals surface area contributed by atoms with Crippen molar-refractivity contribution in [1.82, 2.24) is 0 Å².